The molecule has 0 aliphatic carbocycles. The fourth-order valence-electron chi connectivity index (χ4n) is 3.45. The van der Waals surface area contributed by atoms with Crippen LogP contribution in [0.4, 0.5) is 5.82 Å². The zero-order valence-electron chi connectivity index (χ0n) is 18.5. The van der Waals surface area contributed by atoms with Gasteiger partial charge in [-0.2, -0.15) is 0 Å². The average Bonchev–Trinajstić information content (AvgIpc) is 2.71. The van der Waals surface area contributed by atoms with Crippen LogP contribution in [-0.2, 0) is 4.79 Å². The third-order valence-corrected chi connectivity index (χ3v) is 5.12. The molecule has 1 N–H and O–H groups in total. The molecule has 1 aliphatic heterocycles. The van der Waals surface area contributed by atoms with Gasteiger partial charge in [-0.15, -0.1) is 0 Å². The molecule has 2 aromatic rings. The molecule has 2 heterocycles. The molecule has 0 spiro atoms. The minimum Gasteiger partial charge on any atom is -0.492 e. The predicted octanol–water partition coefficient (Wildman–Crippen LogP) is 2.53. The second kappa shape index (κ2) is 10.4. The van der Waals surface area contributed by atoms with Crippen molar-refractivity contribution < 1.29 is 9.53 Å². The Kier molecular flexibility index (Phi) is 7.63. The summed E-state index contributed by atoms with van der Waals surface area (Å²) in [4.78, 5) is 26.0. The summed E-state index contributed by atoms with van der Waals surface area (Å²) in [5.74, 6) is 3.06. The first kappa shape index (κ1) is 22.0. The summed E-state index contributed by atoms with van der Waals surface area (Å²) in [6.45, 7) is 13.1. The number of hydrogen-bond donors (Lipinski definition) is 1. The Bertz CT molecular complexity index is 847. The number of rotatable bonds is 8. The van der Waals surface area contributed by atoms with Gasteiger partial charge in [-0.05, 0) is 31.5 Å². The smallest absolute Gasteiger partial charge is 0.234 e. The fourth-order valence-corrected chi connectivity index (χ4v) is 3.45. The van der Waals surface area contributed by atoms with Crippen molar-refractivity contribution in [3.63, 3.8) is 0 Å². The van der Waals surface area contributed by atoms with Crippen LogP contribution in [0.25, 0.3) is 0 Å². The fraction of sp³-hybridized carbons (Fsp3) is 0.522. The highest BCUT2D eigenvalue weighted by Gasteiger charge is 2.21. The average molecular weight is 412 g/mol. The molecular weight excluding hydrogens is 378 g/mol. The Hall–Kier alpha value is -2.67. The van der Waals surface area contributed by atoms with Crippen LogP contribution >= 0.6 is 0 Å². The van der Waals surface area contributed by atoms with Gasteiger partial charge in [0.15, 0.2) is 0 Å². The molecule has 0 saturated carbocycles. The summed E-state index contributed by atoms with van der Waals surface area (Å²) in [6, 6.07) is 9.96. The molecule has 1 saturated heterocycles. The Balaban J connectivity index is 1.38. The zero-order valence-corrected chi connectivity index (χ0v) is 18.5. The van der Waals surface area contributed by atoms with Gasteiger partial charge in [0.05, 0.1) is 13.1 Å². The van der Waals surface area contributed by atoms with Crippen LogP contribution in [0.2, 0.25) is 0 Å². The number of aromatic nitrogens is 2. The van der Waals surface area contributed by atoms with E-state index in [1.165, 1.54) is 0 Å². The van der Waals surface area contributed by atoms with Crippen LogP contribution in [0.5, 0.6) is 5.75 Å². The highest BCUT2D eigenvalue weighted by molar-refractivity contribution is 5.78. The Morgan fingerprint density at radius 1 is 1.13 bits per heavy atom. The number of hydrogen-bond acceptors (Lipinski definition) is 6. The number of benzene rings is 1. The van der Waals surface area contributed by atoms with Crippen LogP contribution in [0, 0.1) is 13.8 Å². The van der Waals surface area contributed by atoms with E-state index in [4.69, 9.17) is 9.72 Å². The van der Waals surface area contributed by atoms with Crippen molar-refractivity contribution in [1.82, 2.24) is 20.2 Å². The topological polar surface area (TPSA) is 70.6 Å². The second-order valence-corrected chi connectivity index (χ2v) is 8.16. The van der Waals surface area contributed by atoms with Gasteiger partial charge in [0.1, 0.15) is 24.0 Å². The van der Waals surface area contributed by atoms with Crippen molar-refractivity contribution in [2.45, 2.75) is 33.6 Å². The third-order valence-electron chi connectivity index (χ3n) is 5.12. The second-order valence-electron chi connectivity index (χ2n) is 8.16. The van der Waals surface area contributed by atoms with Crippen LogP contribution < -0.4 is 15.0 Å². The van der Waals surface area contributed by atoms with E-state index in [2.05, 4.69) is 33.9 Å². The highest BCUT2D eigenvalue weighted by Crippen LogP contribution is 2.18. The van der Waals surface area contributed by atoms with Crippen molar-refractivity contribution >= 4 is 11.7 Å². The van der Waals surface area contributed by atoms with Crippen molar-refractivity contribution in [2.75, 3.05) is 50.8 Å². The largest absolute Gasteiger partial charge is 0.492 e. The van der Waals surface area contributed by atoms with Crippen molar-refractivity contribution in [2.24, 2.45) is 0 Å². The molecule has 1 amide bonds. The summed E-state index contributed by atoms with van der Waals surface area (Å²) in [5.41, 5.74) is 2.16. The molecule has 1 fully saturated rings. The SMILES string of the molecule is Cc1cccc(OCCNC(=O)CN2CCN(c3cc(C)nc(C(C)C)n3)CC2)c1. The number of carbonyl (C=O) groups excluding carboxylic acids is 1. The maximum atomic E-state index is 12.2. The van der Waals surface area contributed by atoms with E-state index in [-0.39, 0.29) is 5.91 Å². The number of ether oxygens (including phenoxy) is 1. The first-order valence-electron chi connectivity index (χ1n) is 10.7. The molecule has 3 rings (SSSR count). The molecule has 1 aromatic carbocycles. The van der Waals surface area contributed by atoms with Gasteiger partial charge in [0.2, 0.25) is 5.91 Å². The molecule has 7 nitrogen and oxygen atoms in total. The van der Waals surface area contributed by atoms with Crippen molar-refractivity contribution in [3.8, 4) is 5.75 Å². The van der Waals surface area contributed by atoms with Gasteiger partial charge >= 0.3 is 0 Å². The van der Waals surface area contributed by atoms with Crippen LogP contribution in [0.3, 0.4) is 0 Å². The summed E-state index contributed by atoms with van der Waals surface area (Å²) < 4.78 is 5.68. The number of aryl methyl sites for hydroxylation is 2. The minimum absolute atomic E-state index is 0.0382. The van der Waals surface area contributed by atoms with Gasteiger partial charge in [-0.3, -0.25) is 9.69 Å². The number of piperazine rings is 1. The van der Waals surface area contributed by atoms with Gasteiger partial charge in [-0.25, -0.2) is 9.97 Å². The summed E-state index contributed by atoms with van der Waals surface area (Å²) in [6.07, 6.45) is 0. The van der Waals surface area contributed by atoms with E-state index in [1.54, 1.807) is 0 Å². The lowest BCUT2D eigenvalue weighted by Gasteiger charge is -2.35. The predicted molar refractivity (Wildman–Crippen MR) is 119 cm³/mol. The number of nitrogens with zero attached hydrogens (tertiary/aromatic N) is 4. The number of carbonyl (C=O) groups is 1. The molecule has 0 radical (unpaired) electrons. The van der Waals surface area contributed by atoms with E-state index in [0.29, 0.717) is 25.6 Å². The molecule has 7 heteroatoms. The first-order valence-corrected chi connectivity index (χ1v) is 10.7. The molecule has 0 atom stereocenters. The lowest BCUT2D eigenvalue weighted by molar-refractivity contribution is -0.122. The monoisotopic (exact) mass is 411 g/mol. The summed E-state index contributed by atoms with van der Waals surface area (Å²) in [7, 11) is 0. The van der Waals surface area contributed by atoms with Crippen molar-refractivity contribution in [3.05, 3.63) is 47.4 Å². The quantitative estimate of drug-likeness (QED) is 0.673. The molecule has 1 aromatic heterocycles. The Morgan fingerprint density at radius 3 is 2.60 bits per heavy atom. The van der Waals surface area contributed by atoms with Gasteiger partial charge in [0, 0.05) is 43.9 Å². The van der Waals surface area contributed by atoms with Crippen molar-refractivity contribution in [1.29, 1.82) is 0 Å². The number of nitrogens with one attached hydrogen (secondary N) is 1. The van der Waals surface area contributed by atoms with E-state index in [9.17, 15) is 4.79 Å². The molecule has 0 unspecified atom stereocenters. The molecule has 30 heavy (non-hydrogen) atoms. The Morgan fingerprint density at radius 2 is 1.90 bits per heavy atom. The molecule has 162 valence electrons. The molecule has 0 bridgehead atoms. The number of anilines is 1. The van der Waals surface area contributed by atoms with Gasteiger partial charge in [0.25, 0.3) is 0 Å². The van der Waals surface area contributed by atoms with Crippen LogP contribution in [-0.4, -0.2) is 66.7 Å². The maximum absolute atomic E-state index is 12.2. The number of amides is 1. The standard InChI is InChI=1S/C23H33N5O2/c1-17(2)23-25-19(4)15-21(26-23)28-11-9-27(10-12-28)16-22(29)24-8-13-30-20-7-5-6-18(3)14-20/h5-7,14-15,17H,8-13,16H2,1-4H3,(H,24,29). The van der Waals surface area contributed by atoms with E-state index < -0.39 is 0 Å². The summed E-state index contributed by atoms with van der Waals surface area (Å²) in [5, 5.41) is 2.95. The molecule has 1 aliphatic rings. The van der Waals surface area contributed by atoms with Crippen LogP contribution in [0.1, 0.15) is 36.8 Å². The van der Waals surface area contributed by atoms with Gasteiger partial charge < -0.3 is 15.0 Å². The summed E-state index contributed by atoms with van der Waals surface area (Å²) >= 11 is 0. The lowest BCUT2D eigenvalue weighted by Crippen LogP contribution is -2.50. The van der Waals surface area contributed by atoms with Gasteiger partial charge in [-0.1, -0.05) is 26.0 Å². The Labute approximate surface area is 179 Å². The minimum atomic E-state index is 0.0382. The zero-order chi connectivity index (χ0) is 21.5. The maximum Gasteiger partial charge on any atom is 0.234 e. The first-order chi connectivity index (χ1) is 14.4. The third kappa shape index (κ3) is 6.42. The lowest BCUT2D eigenvalue weighted by atomic mass is 10.2. The highest BCUT2D eigenvalue weighted by atomic mass is 16.5. The van der Waals surface area contributed by atoms with E-state index >= 15 is 0 Å². The van der Waals surface area contributed by atoms with E-state index in [1.807, 2.05) is 44.2 Å². The normalized spacial score (nSPS) is 14.8. The van der Waals surface area contributed by atoms with Crippen LogP contribution in [0.15, 0.2) is 30.3 Å². The van der Waals surface area contributed by atoms with E-state index in [0.717, 1.165) is 54.8 Å². The molecular formula is C23H33N5O2.